The van der Waals surface area contributed by atoms with Crippen LogP contribution in [0.4, 0.5) is 0 Å². The van der Waals surface area contributed by atoms with Gasteiger partial charge in [-0.2, -0.15) is 0 Å². The van der Waals surface area contributed by atoms with Crippen LogP contribution in [-0.4, -0.2) is 62.5 Å². The van der Waals surface area contributed by atoms with Gasteiger partial charge in [-0.15, -0.1) is 0 Å². The number of nitrogens with zero attached hydrogens (tertiary/aromatic N) is 2. The molecule has 0 saturated carbocycles. The SMILES string of the molecule is COC(=O)C1CC(=O)N(CCCCN(C)C)C1. The number of ether oxygens (including phenoxy) is 1. The standard InChI is InChI=1S/C12H22N2O3/c1-13(2)6-4-5-7-14-9-10(8-11(14)15)12(16)17-3/h10H,4-9H2,1-3H3. The molecule has 1 heterocycles. The molecular weight excluding hydrogens is 220 g/mol. The smallest absolute Gasteiger partial charge is 0.310 e. The molecule has 0 aromatic heterocycles. The third-order valence-electron chi connectivity index (χ3n) is 3.03. The molecule has 5 nitrogen and oxygen atoms in total. The molecule has 1 amide bonds. The number of carbonyl (C=O) groups excluding carboxylic acids is 2. The zero-order chi connectivity index (χ0) is 12.8. The number of methoxy groups -OCH3 is 1. The Morgan fingerprint density at radius 2 is 2.18 bits per heavy atom. The maximum Gasteiger partial charge on any atom is 0.310 e. The van der Waals surface area contributed by atoms with Crippen LogP contribution in [0.15, 0.2) is 0 Å². The van der Waals surface area contributed by atoms with Crippen molar-refractivity contribution in [3.8, 4) is 0 Å². The number of likely N-dealkylation sites (tertiary alicyclic amines) is 1. The molecule has 5 heteroatoms. The summed E-state index contributed by atoms with van der Waals surface area (Å²) in [5.74, 6) is -0.458. The predicted molar refractivity (Wildman–Crippen MR) is 64.5 cm³/mol. The Hall–Kier alpha value is -1.10. The van der Waals surface area contributed by atoms with Gasteiger partial charge in [-0.3, -0.25) is 9.59 Å². The highest BCUT2D eigenvalue weighted by atomic mass is 16.5. The first-order chi connectivity index (χ1) is 8.04. The van der Waals surface area contributed by atoms with E-state index in [0.717, 1.165) is 25.9 Å². The molecule has 1 saturated heterocycles. The fourth-order valence-corrected chi connectivity index (χ4v) is 2.04. The van der Waals surface area contributed by atoms with E-state index < -0.39 is 0 Å². The van der Waals surface area contributed by atoms with Gasteiger partial charge in [-0.25, -0.2) is 0 Å². The van der Waals surface area contributed by atoms with E-state index in [-0.39, 0.29) is 17.8 Å². The van der Waals surface area contributed by atoms with Crippen molar-refractivity contribution in [2.75, 3.05) is 40.8 Å². The quantitative estimate of drug-likeness (QED) is 0.498. The summed E-state index contributed by atoms with van der Waals surface area (Å²) >= 11 is 0. The van der Waals surface area contributed by atoms with E-state index in [4.69, 9.17) is 0 Å². The second kappa shape index (κ2) is 6.59. The highest BCUT2D eigenvalue weighted by Gasteiger charge is 2.34. The lowest BCUT2D eigenvalue weighted by atomic mass is 10.1. The molecule has 0 aromatic carbocycles. The number of hydrogen-bond acceptors (Lipinski definition) is 4. The highest BCUT2D eigenvalue weighted by molar-refractivity contribution is 5.86. The molecule has 0 aliphatic carbocycles. The van der Waals surface area contributed by atoms with Gasteiger partial charge in [0.25, 0.3) is 0 Å². The van der Waals surface area contributed by atoms with Crippen molar-refractivity contribution in [1.29, 1.82) is 0 Å². The van der Waals surface area contributed by atoms with Crippen LogP contribution < -0.4 is 0 Å². The Labute approximate surface area is 103 Å². The van der Waals surface area contributed by atoms with E-state index >= 15 is 0 Å². The predicted octanol–water partition coefficient (Wildman–Crippen LogP) is 0.350. The van der Waals surface area contributed by atoms with Gasteiger partial charge in [0.05, 0.1) is 13.0 Å². The Balaban J connectivity index is 2.26. The van der Waals surface area contributed by atoms with Gasteiger partial charge in [-0.05, 0) is 33.5 Å². The Morgan fingerprint density at radius 1 is 1.47 bits per heavy atom. The number of rotatable bonds is 6. The molecule has 1 rings (SSSR count). The van der Waals surface area contributed by atoms with E-state index in [9.17, 15) is 9.59 Å². The van der Waals surface area contributed by atoms with Crippen molar-refractivity contribution < 1.29 is 14.3 Å². The molecule has 0 aromatic rings. The molecule has 0 N–H and O–H groups in total. The van der Waals surface area contributed by atoms with Crippen LogP contribution in [0.1, 0.15) is 19.3 Å². The molecule has 1 unspecified atom stereocenters. The lowest BCUT2D eigenvalue weighted by Crippen LogP contribution is -2.28. The van der Waals surface area contributed by atoms with Crippen LogP contribution in [0.25, 0.3) is 0 Å². The van der Waals surface area contributed by atoms with E-state index in [1.54, 1.807) is 4.90 Å². The average molecular weight is 242 g/mol. The third kappa shape index (κ3) is 4.34. The number of unbranched alkanes of at least 4 members (excludes halogenated alkanes) is 1. The minimum Gasteiger partial charge on any atom is -0.469 e. The minimum atomic E-state index is -0.269. The molecule has 1 aliphatic heterocycles. The summed E-state index contributed by atoms with van der Waals surface area (Å²) in [6, 6.07) is 0. The molecule has 1 atom stereocenters. The second-order valence-corrected chi connectivity index (χ2v) is 4.77. The fourth-order valence-electron chi connectivity index (χ4n) is 2.04. The van der Waals surface area contributed by atoms with Crippen molar-refractivity contribution in [3.05, 3.63) is 0 Å². The molecule has 1 aliphatic rings. The van der Waals surface area contributed by atoms with E-state index in [2.05, 4.69) is 9.64 Å². The third-order valence-corrected chi connectivity index (χ3v) is 3.03. The number of esters is 1. The van der Waals surface area contributed by atoms with Crippen molar-refractivity contribution >= 4 is 11.9 Å². The molecule has 98 valence electrons. The average Bonchev–Trinajstić information content (AvgIpc) is 2.65. The van der Waals surface area contributed by atoms with Gasteiger partial charge >= 0.3 is 5.97 Å². The van der Waals surface area contributed by atoms with Gasteiger partial charge in [-0.1, -0.05) is 0 Å². The summed E-state index contributed by atoms with van der Waals surface area (Å²) in [5, 5.41) is 0. The molecule has 17 heavy (non-hydrogen) atoms. The lowest BCUT2D eigenvalue weighted by molar-refractivity contribution is -0.145. The van der Waals surface area contributed by atoms with Crippen molar-refractivity contribution in [1.82, 2.24) is 9.80 Å². The number of hydrogen-bond donors (Lipinski definition) is 0. The van der Waals surface area contributed by atoms with Gasteiger partial charge in [0, 0.05) is 19.5 Å². The Kier molecular flexibility index (Phi) is 5.41. The van der Waals surface area contributed by atoms with Crippen molar-refractivity contribution in [2.45, 2.75) is 19.3 Å². The topological polar surface area (TPSA) is 49.9 Å². The fraction of sp³-hybridized carbons (Fsp3) is 0.833. The highest BCUT2D eigenvalue weighted by Crippen LogP contribution is 2.19. The summed E-state index contributed by atoms with van der Waals surface area (Å²) < 4.78 is 4.66. The van der Waals surface area contributed by atoms with Crippen LogP contribution in [0.3, 0.4) is 0 Å². The zero-order valence-corrected chi connectivity index (χ0v) is 10.9. The molecule has 1 fully saturated rings. The first kappa shape index (κ1) is 14.0. The monoisotopic (exact) mass is 242 g/mol. The van der Waals surface area contributed by atoms with Gasteiger partial charge < -0.3 is 14.5 Å². The van der Waals surface area contributed by atoms with Crippen molar-refractivity contribution in [2.24, 2.45) is 5.92 Å². The first-order valence-corrected chi connectivity index (χ1v) is 6.05. The van der Waals surface area contributed by atoms with Gasteiger partial charge in [0.2, 0.25) is 5.91 Å². The summed E-state index contributed by atoms with van der Waals surface area (Å²) in [6.07, 6.45) is 2.36. The van der Waals surface area contributed by atoms with Crippen molar-refractivity contribution in [3.63, 3.8) is 0 Å². The summed E-state index contributed by atoms with van der Waals surface area (Å²) in [5.41, 5.74) is 0. The van der Waals surface area contributed by atoms with Gasteiger partial charge in [0.15, 0.2) is 0 Å². The van der Waals surface area contributed by atoms with Crippen LogP contribution >= 0.6 is 0 Å². The van der Waals surface area contributed by atoms with Crippen LogP contribution in [0.5, 0.6) is 0 Å². The number of amides is 1. The van der Waals surface area contributed by atoms with E-state index in [1.807, 2.05) is 14.1 Å². The summed E-state index contributed by atoms with van der Waals surface area (Å²) in [6.45, 7) is 2.30. The molecular formula is C12H22N2O3. The largest absolute Gasteiger partial charge is 0.469 e. The summed E-state index contributed by atoms with van der Waals surface area (Å²) in [7, 11) is 5.44. The summed E-state index contributed by atoms with van der Waals surface area (Å²) in [4.78, 5) is 26.9. The van der Waals surface area contributed by atoms with Crippen LogP contribution in [0.2, 0.25) is 0 Å². The van der Waals surface area contributed by atoms with Crippen LogP contribution in [0, 0.1) is 5.92 Å². The number of carbonyl (C=O) groups is 2. The molecule has 0 bridgehead atoms. The second-order valence-electron chi connectivity index (χ2n) is 4.77. The Bertz CT molecular complexity index is 279. The maximum atomic E-state index is 11.6. The van der Waals surface area contributed by atoms with Crippen LogP contribution in [-0.2, 0) is 14.3 Å². The first-order valence-electron chi connectivity index (χ1n) is 6.05. The zero-order valence-electron chi connectivity index (χ0n) is 10.9. The molecule has 0 radical (unpaired) electrons. The van der Waals surface area contributed by atoms with E-state index in [0.29, 0.717) is 13.0 Å². The minimum absolute atomic E-state index is 0.0743. The normalized spacial score (nSPS) is 20.1. The molecule has 0 spiro atoms. The van der Waals surface area contributed by atoms with E-state index in [1.165, 1.54) is 7.11 Å². The van der Waals surface area contributed by atoms with Gasteiger partial charge in [0.1, 0.15) is 0 Å². The maximum absolute atomic E-state index is 11.6. The lowest BCUT2D eigenvalue weighted by Gasteiger charge is -2.16. The Morgan fingerprint density at radius 3 is 2.76 bits per heavy atom.